The molecule has 23 heavy (non-hydrogen) atoms. The molecule has 1 unspecified atom stereocenters. The second kappa shape index (κ2) is 8.77. The first-order valence-electron chi connectivity index (χ1n) is 7.30. The van der Waals surface area contributed by atoms with Gasteiger partial charge in [0, 0.05) is 18.8 Å². The van der Waals surface area contributed by atoms with Gasteiger partial charge in [-0.3, -0.25) is 4.79 Å². The van der Waals surface area contributed by atoms with Crippen LogP contribution in [-0.2, 0) is 4.79 Å². The molecule has 0 fully saturated rings. The zero-order valence-electron chi connectivity index (χ0n) is 12.6. The smallest absolute Gasteiger partial charge is 0.211 e. The molecule has 0 bridgehead atoms. The number of anilines is 1. The summed E-state index contributed by atoms with van der Waals surface area (Å²) < 4.78 is 5.55. The molecular formula is C17H20N2O4. The van der Waals surface area contributed by atoms with Gasteiger partial charge in [-0.2, -0.15) is 0 Å². The van der Waals surface area contributed by atoms with E-state index in [1.807, 2.05) is 0 Å². The van der Waals surface area contributed by atoms with Crippen molar-refractivity contribution in [3.8, 4) is 11.5 Å². The van der Waals surface area contributed by atoms with E-state index in [-0.39, 0.29) is 5.75 Å². The largest absolute Gasteiger partial charge is 0.508 e. The number of aliphatic hydroxyl groups is 1. The predicted molar refractivity (Wildman–Crippen MR) is 87.6 cm³/mol. The molecule has 2 rings (SSSR count). The topological polar surface area (TPSA) is 90.8 Å². The number of nitrogens with one attached hydrogen (secondary N) is 2. The average Bonchev–Trinajstić information content (AvgIpc) is 2.57. The van der Waals surface area contributed by atoms with Crippen molar-refractivity contribution in [2.45, 2.75) is 6.10 Å². The molecule has 6 nitrogen and oxygen atoms in total. The summed E-state index contributed by atoms with van der Waals surface area (Å²) in [5.74, 6) is 0.888. The maximum atomic E-state index is 10.3. The molecule has 0 heterocycles. The van der Waals surface area contributed by atoms with E-state index in [2.05, 4.69) is 10.6 Å². The van der Waals surface area contributed by atoms with Crippen molar-refractivity contribution in [1.29, 1.82) is 0 Å². The van der Waals surface area contributed by atoms with Gasteiger partial charge in [-0.1, -0.05) is 12.1 Å². The number of benzene rings is 2. The van der Waals surface area contributed by atoms with Crippen LogP contribution in [0.5, 0.6) is 11.5 Å². The van der Waals surface area contributed by atoms with E-state index in [0.717, 1.165) is 5.56 Å². The summed E-state index contributed by atoms with van der Waals surface area (Å²) >= 11 is 0. The number of aliphatic hydroxyl groups excluding tert-OH is 1. The average molecular weight is 316 g/mol. The Balaban J connectivity index is 1.65. The maximum Gasteiger partial charge on any atom is 0.211 e. The minimum absolute atomic E-state index is 0.177. The normalized spacial score (nSPS) is 11.7. The zero-order valence-corrected chi connectivity index (χ0v) is 12.6. The Morgan fingerprint density at radius 2 is 1.78 bits per heavy atom. The minimum Gasteiger partial charge on any atom is -0.508 e. The Kier molecular flexibility index (Phi) is 6.40. The second-order valence-corrected chi connectivity index (χ2v) is 4.95. The molecule has 0 aliphatic heterocycles. The van der Waals surface area contributed by atoms with Crippen molar-refractivity contribution in [1.82, 2.24) is 5.32 Å². The van der Waals surface area contributed by atoms with Crippen LogP contribution < -0.4 is 15.4 Å². The third kappa shape index (κ3) is 5.61. The fraction of sp³-hybridized carbons (Fsp3) is 0.235. The van der Waals surface area contributed by atoms with Crippen LogP contribution in [0.2, 0.25) is 0 Å². The van der Waals surface area contributed by atoms with Gasteiger partial charge in [-0.15, -0.1) is 0 Å². The summed E-state index contributed by atoms with van der Waals surface area (Å²) in [7, 11) is 0. The van der Waals surface area contributed by atoms with Crippen molar-refractivity contribution in [2.24, 2.45) is 0 Å². The van der Waals surface area contributed by atoms with Crippen LogP contribution in [-0.4, -0.2) is 36.3 Å². The van der Waals surface area contributed by atoms with Gasteiger partial charge in [0.15, 0.2) is 0 Å². The number of aromatic hydroxyl groups is 1. The van der Waals surface area contributed by atoms with Crippen LogP contribution in [0.1, 0.15) is 11.7 Å². The highest BCUT2D eigenvalue weighted by Crippen LogP contribution is 2.16. The zero-order chi connectivity index (χ0) is 16.5. The SMILES string of the molecule is O=CNc1ccc(OCCNCC(O)c2ccc(O)cc2)cc1. The maximum absolute atomic E-state index is 10.3. The van der Waals surface area contributed by atoms with E-state index in [1.54, 1.807) is 48.5 Å². The van der Waals surface area contributed by atoms with E-state index in [1.165, 1.54) is 0 Å². The standard InChI is InChI=1S/C17H20N2O4/c20-12-19-14-3-7-16(8-4-14)23-10-9-18-11-17(22)13-1-5-15(21)6-2-13/h1-8,12,17-18,21-22H,9-11H2,(H,19,20). The first kappa shape index (κ1) is 16.8. The number of ether oxygens (including phenoxy) is 1. The van der Waals surface area contributed by atoms with E-state index in [0.29, 0.717) is 37.5 Å². The van der Waals surface area contributed by atoms with Gasteiger partial charge in [0.05, 0.1) is 6.10 Å². The molecule has 0 saturated heterocycles. The summed E-state index contributed by atoms with van der Waals surface area (Å²) in [4.78, 5) is 10.3. The molecule has 4 N–H and O–H groups in total. The van der Waals surface area contributed by atoms with Gasteiger partial charge >= 0.3 is 0 Å². The van der Waals surface area contributed by atoms with Crippen LogP contribution in [0.3, 0.4) is 0 Å². The van der Waals surface area contributed by atoms with Crippen molar-refractivity contribution in [2.75, 3.05) is 25.0 Å². The Morgan fingerprint density at radius 1 is 1.09 bits per heavy atom. The first-order chi connectivity index (χ1) is 11.2. The quantitative estimate of drug-likeness (QED) is 0.417. The molecule has 2 aromatic carbocycles. The molecule has 0 aliphatic carbocycles. The monoisotopic (exact) mass is 316 g/mol. The van der Waals surface area contributed by atoms with Crippen LogP contribution >= 0.6 is 0 Å². The highest BCUT2D eigenvalue weighted by molar-refractivity contribution is 5.71. The molecule has 0 aromatic heterocycles. The number of amides is 1. The number of phenolic OH excluding ortho intramolecular Hbond substituents is 1. The Bertz CT molecular complexity index is 599. The molecule has 0 radical (unpaired) electrons. The van der Waals surface area contributed by atoms with Crippen LogP contribution in [0, 0.1) is 0 Å². The number of hydrogen-bond acceptors (Lipinski definition) is 5. The van der Waals surface area contributed by atoms with Crippen LogP contribution in [0.15, 0.2) is 48.5 Å². The molecule has 6 heteroatoms. The lowest BCUT2D eigenvalue weighted by molar-refractivity contribution is -0.105. The molecular weight excluding hydrogens is 296 g/mol. The fourth-order valence-electron chi connectivity index (χ4n) is 2.01. The first-order valence-corrected chi connectivity index (χ1v) is 7.30. The van der Waals surface area contributed by atoms with Crippen molar-refractivity contribution in [3.05, 3.63) is 54.1 Å². The highest BCUT2D eigenvalue weighted by Gasteiger charge is 2.06. The predicted octanol–water partition coefficient (Wildman–Crippen LogP) is 1.66. The van der Waals surface area contributed by atoms with Gasteiger partial charge in [0.25, 0.3) is 0 Å². The van der Waals surface area contributed by atoms with Gasteiger partial charge < -0.3 is 25.6 Å². The van der Waals surface area contributed by atoms with E-state index in [9.17, 15) is 15.0 Å². The Labute approximate surface area is 134 Å². The van der Waals surface area contributed by atoms with E-state index in [4.69, 9.17) is 4.74 Å². The fourth-order valence-corrected chi connectivity index (χ4v) is 2.01. The number of phenols is 1. The lowest BCUT2D eigenvalue weighted by Crippen LogP contribution is -2.26. The van der Waals surface area contributed by atoms with Gasteiger partial charge in [-0.25, -0.2) is 0 Å². The van der Waals surface area contributed by atoms with Crippen molar-refractivity contribution >= 4 is 12.1 Å². The summed E-state index contributed by atoms with van der Waals surface area (Å²) in [5.41, 5.74) is 1.46. The lowest BCUT2D eigenvalue weighted by Gasteiger charge is -2.13. The minimum atomic E-state index is -0.635. The molecule has 1 amide bonds. The number of carbonyl (C=O) groups excluding carboxylic acids is 1. The Morgan fingerprint density at radius 3 is 2.43 bits per heavy atom. The molecule has 2 aromatic rings. The van der Waals surface area contributed by atoms with Crippen molar-refractivity contribution in [3.63, 3.8) is 0 Å². The number of hydrogen-bond donors (Lipinski definition) is 4. The van der Waals surface area contributed by atoms with E-state index >= 15 is 0 Å². The second-order valence-electron chi connectivity index (χ2n) is 4.95. The van der Waals surface area contributed by atoms with Crippen LogP contribution in [0.25, 0.3) is 0 Å². The number of carbonyl (C=O) groups is 1. The third-order valence-corrected chi connectivity index (χ3v) is 3.24. The summed E-state index contributed by atoms with van der Waals surface area (Å²) in [6.45, 7) is 1.45. The van der Waals surface area contributed by atoms with Crippen molar-refractivity contribution < 1.29 is 19.7 Å². The lowest BCUT2D eigenvalue weighted by atomic mass is 10.1. The summed E-state index contributed by atoms with van der Waals surface area (Å²) in [5, 5.41) is 24.8. The summed E-state index contributed by atoms with van der Waals surface area (Å²) in [6.07, 6.45) is -0.0107. The molecule has 0 aliphatic rings. The van der Waals surface area contributed by atoms with Gasteiger partial charge in [0.2, 0.25) is 6.41 Å². The number of rotatable bonds is 9. The van der Waals surface area contributed by atoms with E-state index < -0.39 is 6.10 Å². The molecule has 0 spiro atoms. The molecule has 1 atom stereocenters. The van der Waals surface area contributed by atoms with Gasteiger partial charge in [-0.05, 0) is 42.0 Å². The van der Waals surface area contributed by atoms with Gasteiger partial charge in [0.1, 0.15) is 18.1 Å². The molecule has 122 valence electrons. The highest BCUT2D eigenvalue weighted by atomic mass is 16.5. The Hall–Kier alpha value is -2.57. The third-order valence-electron chi connectivity index (χ3n) is 3.24. The molecule has 0 saturated carbocycles. The van der Waals surface area contributed by atoms with Crippen LogP contribution in [0.4, 0.5) is 5.69 Å². The summed E-state index contributed by atoms with van der Waals surface area (Å²) in [6, 6.07) is 13.5.